The van der Waals surface area contributed by atoms with E-state index in [9.17, 15) is 9.30 Å². The average molecular weight is 248 g/mol. The van der Waals surface area contributed by atoms with Gasteiger partial charge >= 0.3 is 0 Å². The fraction of sp³-hybridized carbons (Fsp3) is 0.333. The summed E-state index contributed by atoms with van der Waals surface area (Å²) >= 11 is 0. The molecular weight excluding hydrogens is 235 g/mol. The molecule has 0 saturated heterocycles. The summed E-state index contributed by atoms with van der Waals surface area (Å²) in [6.45, 7) is 5.19. The molecule has 2 aromatic heterocycles. The molecule has 94 valence electrons. The van der Waals surface area contributed by atoms with Gasteiger partial charge in [0, 0.05) is 23.0 Å². The number of nitroso groups, excluding NO2 is 1. The van der Waals surface area contributed by atoms with Crippen LogP contribution in [0.3, 0.4) is 0 Å². The van der Waals surface area contributed by atoms with Crippen LogP contribution >= 0.6 is 0 Å². The molecular formula is C12H13FN4O. The van der Waals surface area contributed by atoms with Crippen molar-refractivity contribution in [1.82, 2.24) is 14.8 Å². The van der Waals surface area contributed by atoms with E-state index >= 15 is 0 Å². The van der Waals surface area contributed by atoms with E-state index in [4.69, 9.17) is 0 Å². The molecule has 0 aliphatic heterocycles. The number of rotatable bonds is 3. The van der Waals surface area contributed by atoms with Crippen LogP contribution in [-0.2, 0) is 0 Å². The summed E-state index contributed by atoms with van der Waals surface area (Å²) < 4.78 is 14.8. The van der Waals surface area contributed by atoms with Crippen molar-refractivity contribution in [3.8, 4) is 5.82 Å². The molecule has 0 N–H and O–H groups in total. The van der Waals surface area contributed by atoms with E-state index in [1.54, 1.807) is 27.0 Å². The van der Waals surface area contributed by atoms with Gasteiger partial charge in [0.1, 0.15) is 11.9 Å². The zero-order valence-electron chi connectivity index (χ0n) is 10.4. The molecule has 0 amide bonds. The third kappa shape index (κ3) is 2.13. The zero-order chi connectivity index (χ0) is 13.3. The van der Waals surface area contributed by atoms with Crippen molar-refractivity contribution in [1.29, 1.82) is 0 Å². The number of pyridine rings is 1. The molecule has 2 rings (SSSR count). The molecule has 0 fully saturated rings. The molecule has 2 heterocycles. The van der Waals surface area contributed by atoms with Crippen molar-refractivity contribution < 1.29 is 4.39 Å². The van der Waals surface area contributed by atoms with Crippen molar-refractivity contribution in [2.45, 2.75) is 26.8 Å². The van der Waals surface area contributed by atoms with Gasteiger partial charge in [0.2, 0.25) is 0 Å². The Morgan fingerprint density at radius 2 is 2.11 bits per heavy atom. The van der Waals surface area contributed by atoms with Crippen LogP contribution in [0.25, 0.3) is 5.82 Å². The van der Waals surface area contributed by atoms with Crippen LogP contribution in [0.15, 0.2) is 23.5 Å². The van der Waals surface area contributed by atoms with Gasteiger partial charge in [0.25, 0.3) is 0 Å². The second-order valence-corrected chi connectivity index (χ2v) is 4.16. The molecule has 0 aromatic carbocycles. The highest BCUT2D eigenvalue weighted by atomic mass is 19.1. The van der Waals surface area contributed by atoms with E-state index in [1.165, 1.54) is 16.8 Å². The molecule has 18 heavy (non-hydrogen) atoms. The van der Waals surface area contributed by atoms with Gasteiger partial charge in [-0.05, 0) is 26.8 Å². The molecule has 0 radical (unpaired) electrons. The topological polar surface area (TPSA) is 60.1 Å². The van der Waals surface area contributed by atoms with Crippen molar-refractivity contribution in [3.63, 3.8) is 0 Å². The predicted octanol–water partition coefficient (Wildman–Crippen LogP) is 2.85. The average Bonchev–Trinajstić information content (AvgIpc) is 2.69. The lowest BCUT2D eigenvalue weighted by atomic mass is 10.1. The third-order valence-corrected chi connectivity index (χ3v) is 2.78. The van der Waals surface area contributed by atoms with Gasteiger partial charge in [-0.3, -0.25) is 0 Å². The summed E-state index contributed by atoms with van der Waals surface area (Å²) in [5.74, 6) is 0.0323. The zero-order valence-corrected chi connectivity index (χ0v) is 10.4. The molecule has 0 bridgehead atoms. The molecule has 0 saturated carbocycles. The van der Waals surface area contributed by atoms with Gasteiger partial charge in [-0.15, -0.1) is 0 Å². The number of aryl methyl sites for hydroxylation is 1. The number of hydrogen-bond acceptors (Lipinski definition) is 4. The van der Waals surface area contributed by atoms with Crippen molar-refractivity contribution >= 4 is 0 Å². The summed E-state index contributed by atoms with van der Waals surface area (Å²) in [5.41, 5.74) is 2.02. The lowest BCUT2D eigenvalue weighted by molar-refractivity contribution is 0.619. The highest BCUT2D eigenvalue weighted by molar-refractivity contribution is 5.31. The van der Waals surface area contributed by atoms with Crippen LogP contribution < -0.4 is 0 Å². The first-order valence-corrected chi connectivity index (χ1v) is 5.54. The Morgan fingerprint density at radius 1 is 1.39 bits per heavy atom. The van der Waals surface area contributed by atoms with Crippen LogP contribution in [0.1, 0.15) is 29.9 Å². The van der Waals surface area contributed by atoms with Crippen molar-refractivity contribution in [2.24, 2.45) is 5.18 Å². The van der Waals surface area contributed by atoms with Crippen LogP contribution in [0, 0.1) is 24.6 Å². The van der Waals surface area contributed by atoms with Gasteiger partial charge in [-0.25, -0.2) is 14.1 Å². The first-order chi connectivity index (χ1) is 8.52. The van der Waals surface area contributed by atoms with Gasteiger partial charge in [0.05, 0.1) is 6.20 Å². The smallest absolute Gasteiger partial charge is 0.156 e. The van der Waals surface area contributed by atoms with Gasteiger partial charge in [-0.2, -0.15) is 10.0 Å². The van der Waals surface area contributed by atoms with E-state index in [1.807, 2.05) is 0 Å². The summed E-state index contributed by atoms with van der Waals surface area (Å²) in [7, 11) is 0. The number of aromatic nitrogens is 3. The normalized spacial score (nSPS) is 12.4. The number of nitrogens with zero attached hydrogens (tertiary/aromatic N) is 4. The quantitative estimate of drug-likeness (QED) is 0.785. The second kappa shape index (κ2) is 4.64. The molecule has 0 aliphatic rings. The Morgan fingerprint density at radius 3 is 2.72 bits per heavy atom. The summed E-state index contributed by atoms with van der Waals surface area (Å²) in [5, 5.41) is 7.09. The summed E-state index contributed by atoms with van der Waals surface area (Å²) in [6.07, 6.45) is 1.56. The SMILES string of the molecule is Cc1cc(F)cc(-n2ncc(C(C)N=O)c2C)n1. The lowest BCUT2D eigenvalue weighted by Crippen LogP contribution is -2.04. The lowest BCUT2D eigenvalue weighted by Gasteiger charge is -2.06. The first-order valence-electron chi connectivity index (χ1n) is 5.54. The maximum Gasteiger partial charge on any atom is 0.156 e. The minimum atomic E-state index is -0.478. The Kier molecular flexibility index (Phi) is 3.18. The van der Waals surface area contributed by atoms with E-state index in [0.717, 1.165) is 5.69 Å². The number of hydrogen-bond donors (Lipinski definition) is 0. The molecule has 5 nitrogen and oxygen atoms in total. The van der Waals surface area contributed by atoms with Crippen molar-refractivity contribution in [2.75, 3.05) is 0 Å². The highest BCUT2D eigenvalue weighted by Gasteiger charge is 2.15. The Bertz CT molecular complexity index is 574. The predicted molar refractivity (Wildman–Crippen MR) is 65.0 cm³/mol. The maximum atomic E-state index is 13.3. The van der Waals surface area contributed by atoms with Crippen molar-refractivity contribution in [3.05, 3.63) is 46.0 Å². The Hall–Kier alpha value is -2.11. The highest BCUT2D eigenvalue weighted by Crippen LogP contribution is 2.22. The Balaban J connectivity index is 2.51. The largest absolute Gasteiger partial charge is 0.234 e. The number of halogens is 1. The van der Waals surface area contributed by atoms with Crippen LogP contribution in [0.2, 0.25) is 0 Å². The molecule has 6 heteroatoms. The monoisotopic (exact) mass is 248 g/mol. The van der Waals surface area contributed by atoms with Gasteiger partial charge < -0.3 is 0 Å². The van der Waals surface area contributed by atoms with Crippen LogP contribution in [0.4, 0.5) is 4.39 Å². The van der Waals surface area contributed by atoms with E-state index < -0.39 is 6.04 Å². The summed E-state index contributed by atoms with van der Waals surface area (Å²) in [4.78, 5) is 14.8. The minimum absolute atomic E-state index is 0.365. The van der Waals surface area contributed by atoms with Crippen LogP contribution in [-0.4, -0.2) is 14.8 Å². The second-order valence-electron chi connectivity index (χ2n) is 4.16. The van der Waals surface area contributed by atoms with Gasteiger partial charge in [-0.1, -0.05) is 5.18 Å². The Labute approximate surface area is 104 Å². The van der Waals surface area contributed by atoms with Crippen LogP contribution in [0.5, 0.6) is 0 Å². The third-order valence-electron chi connectivity index (χ3n) is 2.78. The first kappa shape index (κ1) is 12.3. The molecule has 2 aromatic rings. The fourth-order valence-electron chi connectivity index (χ4n) is 1.84. The van der Waals surface area contributed by atoms with E-state index in [0.29, 0.717) is 17.1 Å². The standard InChI is InChI=1S/C12H13FN4O/c1-7-4-10(13)5-12(15-7)17-9(3)11(6-14-17)8(2)16-18/h4-6,8H,1-3H3. The fourth-order valence-corrected chi connectivity index (χ4v) is 1.84. The minimum Gasteiger partial charge on any atom is -0.234 e. The molecule has 1 atom stereocenters. The maximum absolute atomic E-state index is 13.3. The molecule has 0 spiro atoms. The van der Waals surface area contributed by atoms with Gasteiger partial charge in [0.15, 0.2) is 5.82 Å². The molecule has 0 aliphatic carbocycles. The molecule has 1 unspecified atom stereocenters. The van der Waals surface area contributed by atoms with E-state index in [2.05, 4.69) is 15.3 Å². The van der Waals surface area contributed by atoms with E-state index in [-0.39, 0.29) is 5.82 Å². The summed E-state index contributed by atoms with van der Waals surface area (Å²) in [6, 6.07) is 2.17.